The lowest BCUT2D eigenvalue weighted by atomic mass is 10.0. The van der Waals surface area contributed by atoms with Crippen LogP contribution in [0.2, 0.25) is 0 Å². The molecule has 0 saturated carbocycles. The first-order chi connectivity index (χ1) is 21.6. The fraction of sp³-hybridized carbons (Fsp3) is 0.419. The molecular formula is C31H37N5O9. The normalized spacial score (nSPS) is 15.5. The van der Waals surface area contributed by atoms with Gasteiger partial charge in [-0.05, 0) is 38.0 Å². The van der Waals surface area contributed by atoms with E-state index in [9.17, 15) is 14.4 Å². The SMILES string of the molecule is Cc1ccc2cc(-c3cnc([C@H](CCCCCC(=O)c4ncco4)N4CCOCC4)[nH]3)ccc2n1.O=C(O)[C@H](O)[C@@H](O)C(=O)O. The molecule has 1 aliphatic rings. The molecule has 5 N–H and O–H groups in total. The van der Waals surface area contributed by atoms with E-state index in [1.807, 2.05) is 19.2 Å². The largest absolute Gasteiger partial charge is 0.479 e. The second-order valence-corrected chi connectivity index (χ2v) is 10.6. The van der Waals surface area contributed by atoms with Crippen molar-refractivity contribution >= 4 is 28.6 Å². The number of H-pyrrole nitrogens is 1. The van der Waals surface area contributed by atoms with Crippen LogP contribution in [0.15, 0.2) is 53.4 Å². The monoisotopic (exact) mass is 623 g/mol. The maximum atomic E-state index is 12.1. The van der Waals surface area contributed by atoms with E-state index in [1.165, 1.54) is 12.5 Å². The van der Waals surface area contributed by atoms with Gasteiger partial charge in [0.15, 0.2) is 12.2 Å². The minimum Gasteiger partial charge on any atom is -0.479 e. The molecule has 14 heteroatoms. The van der Waals surface area contributed by atoms with Crippen LogP contribution in [-0.4, -0.2) is 101 Å². The maximum Gasteiger partial charge on any atom is 0.335 e. The molecule has 0 bridgehead atoms. The number of unbranched alkanes of at least 4 members (excludes halogenated alkanes) is 2. The number of hydrogen-bond acceptors (Lipinski definition) is 11. The quantitative estimate of drug-likeness (QED) is 0.107. The summed E-state index contributed by atoms with van der Waals surface area (Å²) < 4.78 is 10.7. The summed E-state index contributed by atoms with van der Waals surface area (Å²) in [6.07, 6.45) is 4.59. The molecule has 0 unspecified atom stereocenters. The van der Waals surface area contributed by atoms with E-state index >= 15 is 0 Å². The van der Waals surface area contributed by atoms with Crippen LogP contribution in [0.5, 0.6) is 0 Å². The molecule has 1 aromatic carbocycles. The number of benzene rings is 1. The number of oxazole rings is 1. The third-order valence-corrected chi connectivity index (χ3v) is 7.39. The summed E-state index contributed by atoms with van der Waals surface area (Å²) in [7, 11) is 0. The van der Waals surface area contributed by atoms with Crippen LogP contribution in [0.25, 0.3) is 22.2 Å². The Balaban J connectivity index is 0.000000399. The van der Waals surface area contributed by atoms with Crippen molar-refractivity contribution < 1.29 is 44.0 Å². The lowest BCUT2D eigenvalue weighted by Gasteiger charge is -2.33. The van der Waals surface area contributed by atoms with Crippen LogP contribution < -0.4 is 0 Å². The number of nitrogens with zero attached hydrogens (tertiary/aromatic N) is 4. The Morgan fingerprint density at radius 2 is 1.71 bits per heavy atom. The zero-order chi connectivity index (χ0) is 32.3. The number of aromatic amines is 1. The Morgan fingerprint density at radius 3 is 2.38 bits per heavy atom. The lowest BCUT2D eigenvalue weighted by molar-refractivity contribution is -0.165. The number of aliphatic hydroxyl groups is 2. The predicted molar refractivity (Wildman–Crippen MR) is 160 cm³/mol. The smallest absolute Gasteiger partial charge is 0.335 e. The van der Waals surface area contributed by atoms with Gasteiger partial charge < -0.3 is 34.6 Å². The van der Waals surface area contributed by atoms with Gasteiger partial charge in [0, 0.05) is 36.2 Å². The first-order valence-corrected chi connectivity index (χ1v) is 14.6. The number of ether oxygens (including phenoxy) is 1. The van der Waals surface area contributed by atoms with Gasteiger partial charge in [0.1, 0.15) is 12.1 Å². The molecule has 14 nitrogen and oxygen atoms in total. The van der Waals surface area contributed by atoms with Crippen LogP contribution in [0.1, 0.15) is 60.3 Å². The number of aliphatic carboxylic acids is 2. The zero-order valence-electron chi connectivity index (χ0n) is 24.8. The van der Waals surface area contributed by atoms with Gasteiger partial charge in [-0.2, -0.15) is 0 Å². The Labute approximate surface area is 258 Å². The van der Waals surface area contributed by atoms with Gasteiger partial charge in [0.2, 0.25) is 5.78 Å². The van der Waals surface area contributed by atoms with Gasteiger partial charge in [0.05, 0.1) is 42.9 Å². The summed E-state index contributed by atoms with van der Waals surface area (Å²) in [5.74, 6) is -2.38. The molecule has 1 fully saturated rings. The number of aliphatic hydroxyl groups excluding tert-OH is 2. The molecular weight excluding hydrogens is 586 g/mol. The number of fused-ring (bicyclic) bond motifs is 1. The van der Waals surface area contributed by atoms with Crippen molar-refractivity contribution in [3.05, 3.63) is 66.4 Å². The standard InChI is InChI=1S/C27H31N5O3.C4H6O6/c1-19-7-8-20-17-21(9-10-22(20)30-19)23-18-29-26(31-23)24(32-12-15-34-16-13-32)5-3-2-4-6-25(33)27-28-11-14-35-27;5-1(3(7)8)2(6)4(9)10/h7-11,14,17-18,24H,2-6,12-13,15-16H2,1H3,(H,29,31);1-2,5-6H,(H,7,8)(H,9,10)/t24-;1-,2-/m01/s1. The Morgan fingerprint density at radius 1 is 0.978 bits per heavy atom. The van der Waals surface area contributed by atoms with Crippen molar-refractivity contribution in [2.75, 3.05) is 26.3 Å². The second-order valence-electron chi connectivity index (χ2n) is 10.6. The minimum absolute atomic E-state index is 0.0313. The fourth-order valence-corrected chi connectivity index (χ4v) is 4.97. The van der Waals surface area contributed by atoms with Gasteiger partial charge >= 0.3 is 11.9 Å². The molecule has 0 spiro atoms. The highest BCUT2D eigenvalue weighted by atomic mass is 16.5. The molecule has 4 heterocycles. The highest BCUT2D eigenvalue weighted by molar-refractivity contribution is 5.91. The van der Waals surface area contributed by atoms with E-state index in [0.29, 0.717) is 6.42 Å². The van der Waals surface area contributed by atoms with Crippen LogP contribution in [0.4, 0.5) is 0 Å². The number of Topliss-reactive ketones (excluding diaryl/α,β-unsaturated/α-hetero) is 1. The fourth-order valence-electron chi connectivity index (χ4n) is 4.97. The van der Waals surface area contributed by atoms with E-state index in [4.69, 9.17) is 34.6 Å². The number of aromatic nitrogens is 4. The van der Waals surface area contributed by atoms with Gasteiger partial charge in [-0.15, -0.1) is 0 Å². The van der Waals surface area contributed by atoms with E-state index in [2.05, 4.69) is 44.1 Å². The average molecular weight is 624 g/mol. The molecule has 3 aromatic heterocycles. The second kappa shape index (κ2) is 16.0. The Hall–Kier alpha value is -4.50. The van der Waals surface area contributed by atoms with Crippen LogP contribution in [0.3, 0.4) is 0 Å². The molecule has 4 aromatic rings. The third-order valence-electron chi connectivity index (χ3n) is 7.39. The Bertz CT molecular complexity index is 1550. The van der Waals surface area contributed by atoms with E-state index in [-0.39, 0.29) is 17.7 Å². The number of hydrogen-bond donors (Lipinski definition) is 5. The summed E-state index contributed by atoms with van der Waals surface area (Å²) in [6.45, 7) is 5.28. The van der Waals surface area contributed by atoms with Gasteiger partial charge in [-0.25, -0.2) is 19.6 Å². The molecule has 0 radical (unpaired) electrons. The van der Waals surface area contributed by atoms with Crippen molar-refractivity contribution in [2.24, 2.45) is 0 Å². The van der Waals surface area contributed by atoms with E-state index < -0.39 is 24.1 Å². The van der Waals surface area contributed by atoms with Crippen molar-refractivity contribution in [2.45, 2.75) is 57.3 Å². The van der Waals surface area contributed by atoms with Crippen LogP contribution >= 0.6 is 0 Å². The first kappa shape index (κ1) is 33.4. The number of aryl methyl sites for hydroxylation is 1. The highest BCUT2D eigenvalue weighted by Gasteiger charge is 2.29. The van der Waals surface area contributed by atoms with Gasteiger partial charge in [-0.3, -0.25) is 14.7 Å². The molecule has 3 atom stereocenters. The van der Waals surface area contributed by atoms with Crippen molar-refractivity contribution in [3.8, 4) is 11.3 Å². The molecule has 5 rings (SSSR count). The topological polar surface area (TPSA) is 212 Å². The number of morpholine rings is 1. The lowest BCUT2D eigenvalue weighted by Crippen LogP contribution is -2.39. The number of nitrogens with one attached hydrogen (secondary N) is 1. The summed E-state index contributed by atoms with van der Waals surface area (Å²) in [5, 5.41) is 33.6. The summed E-state index contributed by atoms with van der Waals surface area (Å²) in [4.78, 5) is 51.0. The molecule has 1 aliphatic heterocycles. The van der Waals surface area contributed by atoms with Crippen molar-refractivity contribution in [1.82, 2.24) is 24.8 Å². The van der Waals surface area contributed by atoms with Gasteiger partial charge in [0.25, 0.3) is 5.89 Å². The number of carbonyl (C=O) groups is 3. The highest BCUT2D eigenvalue weighted by Crippen LogP contribution is 2.29. The molecule has 0 amide bonds. The number of ketones is 1. The number of carboxylic acids is 2. The zero-order valence-corrected chi connectivity index (χ0v) is 24.8. The van der Waals surface area contributed by atoms with Crippen molar-refractivity contribution in [1.29, 1.82) is 0 Å². The molecule has 45 heavy (non-hydrogen) atoms. The minimum atomic E-state index is -2.27. The summed E-state index contributed by atoms with van der Waals surface area (Å²) in [6, 6.07) is 10.7. The van der Waals surface area contributed by atoms with Gasteiger partial charge in [-0.1, -0.05) is 25.0 Å². The maximum absolute atomic E-state index is 12.1. The average Bonchev–Trinajstić information content (AvgIpc) is 3.76. The number of pyridine rings is 1. The molecule has 240 valence electrons. The number of carbonyl (C=O) groups excluding carboxylic acids is 1. The number of carboxylic acid groups (broad SMARTS) is 2. The summed E-state index contributed by atoms with van der Waals surface area (Å²) >= 11 is 0. The van der Waals surface area contributed by atoms with Crippen LogP contribution in [0, 0.1) is 6.92 Å². The number of rotatable bonds is 13. The Kier molecular flexibility index (Phi) is 11.9. The first-order valence-electron chi connectivity index (χ1n) is 14.6. The van der Waals surface area contributed by atoms with E-state index in [1.54, 1.807) is 0 Å². The molecule has 0 aliphatic carbocycles. The van der Waals surface area contributed by atoms with Crippen LogP contribution in [-0.2, 0) is 14.3 Å². The number of imidazole rings is 1. The van der Waals surface area contributed by atoms with Crippen molar-refractivity contribution in [3.63, 3.8) is 0 Å². The van der Waals surface area contributed by atoms with E-state index in [0.717, 1.165) is 85.7 Å². The predicted octanol–water partition coefficient (Wildman–Crippen LogP) is 3.01. The third kappa shape index (κ3) is 9.25. The molecule has 1 saturated heterocycles. The summed E-state index contributed by atoms with van der Waals surface area (Å²) in [5.41, 5.74) is 4.13.